The van der Waals surface area contributed by atoms with E-state index in [9.17, 15) is 8.42 Å². The van der Waals surface area contributed by atoms with Gasteiger partial charge in [0.2, 0.25) is 10.0 Å². The van der Waals surface area contributed by atoms with E-state index in [2.05, 4.69) is 14.9 Å². The monoisotopic (exact) mass is 279 g/mol. The lowest BCUT2D eigenvalue weighted by Gasteiger charge is -2.21. The summed E-state index contributed by atoms with van der Waals surface area (Å²) in [7, 11) is -3.52. The van der Waals surface area contributed by atoms with Crippen molar-refractivity contribution >= 4 is 21.6 Å². The fourth-order valence-corrected chi connectivity index (χ4v) is 3.31. The molecule has 0 aliphatic rings. The number of nitrogens with one attached hydrogen (secondary N) is 2. The fraction of sp³-hybridized carbons (Fsp3) is 0.700. The quantitative estimate of drug-likeness (QED) is 0.778. The molecule has 0 saturated heterocycles. The number of sulfonamides is 1. The zero-order chi connectivity index (χ0) is 13.1. The predicted octanol–water partition coefficient (Wildman–Crippen LogP) is 1.65. The molecular formula is C10H18ClN3O2S. The summed E-state index contributed by atoms with van der Waals surface area (Å²) in [4.78, 5) is 0.192. The molecule has 1 rings (SSSR count). The van der Waals surface area contributed by atoms with Crippen LogP contribution in [0.4, 0.5) is 0 Å². The Balaban J connectivity index is 2.89. The number of aryl methyl sites for hydroxylation is 1. The smallest absolute Gasteiger partial charge is 0.244 e. The lowest BCUT2D eigenvalue weighted by Crippen LogP contribution is -2.38. The van der Waals surface area contributed by atoms with Crippen molar-refractivity contribution in [1.29, 1.82) is 0 Å². The largest absolute Gasteiger partial charge is 0.281 e. The topological polar surface area (TPSA) is 74.8 Å². The van der Waals surface area contributed by atoms with Crippen molar-refractivity contribution in [3.8, 4) is 0 Å². The molecule has 98 valence electrons. The van der Waals surface area contributed by atoms with E-state index in [0.29, 0.717) is 18.0 Å². The molecule has 0 amide bonds. The second kappa shape index (κ2) is 5.84. The lowest BCUT2D eigenvalue weighted by molar-refractivity contribution is 0.439. The Morgan fingerprint density at radius 3 is 2.59 bits per heavy atom. The summed E-state index contributed by atoms with van der Waals surface area (Å²) in [5.74, 6) is 0.617. The Bertz CT molecular complexity index is 456. The second-order valence-electron chi connectivity index (χ2n) is 4.31. The summed E-state index contributed by atoms with van der Waals surface area (Å²) in [6.07, 6.45) is 1.92. The number of aromatic nitrogens is 2. The molecule has 0 aliphatic carbocycles. The summed E-state index contributed by atoms with van der Waals surface area (Å²) < 4.78 is 26.8. The first kappa shape index (κ1) is 14.5. The molecule has 1 atom stereocenters. The number of rotatable bonds is 6. The molecule has 17 heavy (non-hydrogen) atoms. The Hall–Kier alpha value is -0.590. The van der Waals surface area contributed by atoms with Crippen molar-refractivity contribution < 1.29 is 8.42 Å². The van der Waals surface area contributed by atoms with Crippen molar-refractivity contribution in [3.05, 3.63) is 11.9 Å². The van der Waals surface area contributed by atoms with Crippen LogP contribution in [0.25, 0.3) is 0 Å². The molecule has 0 bridgehead atoms. The van der Waals surface area contributed by atoms with E-state index in [-0.39, 0.29) is 16.9 Å². The third-order valence-electron chi connectivity index (χ3n) is 2.60. The average molecular weight is 280 g/mol. The maximum atomic E-state index is 12.1. The summed E-state index contributed by atoms with van der Waals surface area (Å²) >= 11 is 5.67. The average Bonchev–Trinajstić information content (AvgIpc) is 2.64. The van der Waals surface area contributed by atoms with Crippen molar-refractivity contribution in [3.63, 3.8) is 0 Å². The van der Waals surface area contributed by atoms with Crippen LogP contribution in [0.5, 0.6) is 0 Å². The number of hydrogen-bond donors (Lipinski definition) is 2. The van der Waals surface area contributed by atoms with Gasteiger partial charge in [0.05, 0.1) is 11.9 Å². The molecule has 7 heteroatoms. The van der Waals surface area contributed by atoms with Gasteiger partial charge in [-0.05, 0) is 19.3 Å². The number of nitrogens with zero attached hydrogens (tertiary/aromatic N) is 1. The molecule has 0 aromatic carbocycles. The van der Waals surface area contributed by atoms with Gasteiger partial charge in [0.15, 0.2) is 0 Å². The highest BCUT2D eigenvalue weighted by atomic mass is 35.5. The fourth-order valence-electron chi connectivity index (χ4n) is 1.52. The minimum Gasteiger partial charge on any atom is -0.281 e. The third-order valence-corrected chi connectivity index (χ3v) is 4.43. The van der Waals surface area contributed by atoms with E-state index in [4.69, 9.17) is 11.6 Å². The minimum atomic E-state index is -3.52. The van der Waals surface area contributed by atoms with E-state index in [0.717, 1.165) is 0 Å². The Kier molecular flexibility index (Phi) is 4.97. The molecule has 1 heterocycles. The molecule has 0 aliphatic heterocycles. The summed E-state index contributed by atoms with van der Waals surface area (Å²) in [6.45, 7) is 5.59. The van der Waals surface area contributed by atoms with Gasteiger partial charge in [-0.2, -0.15) is 5.10 Å². The van der Waals surface area contributed by atoms with Crippen molar-refractivity contribution in [2.75, 3.05) is 5.88 Å². The van der Waals surface area contributed by atoms with Crippen molar-refractivity contribution in [2.45, 2.75) is 38.1 Å². The van der Waals surface area contributed by atoms with Crippen LogP contribution in [0.1, 0.15) is 26.0 Å². The van der Waals surface area contributed by atoms with Gasteiger partial charge in [-0.15, -0.1) is 11.6 Å². The van der Waals surface area contributed by atoms with E-state index >= 15 is 0 Å². The van der Waals surface area contributed by atoms with Gasteiger partial charge in [0.1, 0.15) is 4.90 Å². The van der Waals surface area contributed by atoms with Crippen LogP contribution in [0.2, 0.25) is 0 Å². The number of aromatic amines is 1. The lowest BCUT2D eigenvalue weighted by atomic mass is 10.0. The zero-order valence-electron chi connectivity index (χ0n) is 10.2. The van der Waals surface area contributed by atoms with Crippen LogP contribution >= 0.6 is 11.6 Å². The normalized spacial score (nSPS) is 14.2. The van der Waals surface area contributed by atoms with Crippen LogP contribution in [-0.2, 0) is 10.0 Å². The van der Waals surface area contributed by atoms with Gasteiger partial charge in [0, 0.05) is 11.9 Å². The van der Waals surface area contributed by atoms with E-state index in [1.54, 1.807) is 6.92 Å². The van der Waals surface area contributed by atoms with Crippen LogP contribution in [0, 0.1) is 12.8 Å². The summed E-state index contributed by atoms with van der Waals surface area (Å²) in [6, 6.07) is -0.160. The molecular weight excluding hydrogens is 262 g/mol. The van der Waals surface area contributed by atoms with Gasteiger partial charge in [-0.1, -0.05) is 13.8 Å². The molecule has 0 spiro atoms. The maximum Gasteiger partial charge on any atom is 0.244 e. The highest BCUT2D eigenvalue weighted by molar-refractivity contribution is 7.89. The van der Waals surface area contributed by atoms with Crippen LogP contribution in [-0.4, -0.2) is 30.5 Å². The summed E-state index contributed by atoms with van der Waals surface area (Å²) in [5, 5.41) is 6.33. The summed E-state index contributed by atoms with van der Waals surface area (Å²) in [5.41, 5.74) is 0.533. The second-order valence-corrected chi connectivity index (χ2v) is 6.37. The highest BCUT2D eigenvalue weighted by Gasteiger charge is 2.24. The molecule has 0 saturated carbocycles. The first-order valence-corrected chi connectivity index (χ1v) is 7.48. The molecule has 0 fully saturated rings. The number of hydrogen-bond acceptors (Lipinski definition) is 3. The molecule has 1 aromatic rings. The number of halogens is 1. The zero-order valence-corrected chi connectivity index (χ0v) is 11.8. The highest BCUT2D eigenvalue weighted by Crippen LogP contribution is 2.15. The van der Waals surface area contributed by atoms with E-state index < -0.39 is 10.0 Å². The van der Waals surface area contributed by atoms with Crippen molar-refractivity contribution in [1.82, 2.24) is 14.9 Å². The first-order chi connectivity index (χ1) is 7.88. The molecule has 1 unspecified atom stereocenters. The third kappa shape index (κ3) is 3.69. The SMILES string of the molecule is Cc1[nH]ncc1S(=O)(=O)NC(CCCl)C(C)C. The van der Waals surface area contributed by atoms with Gasteiger partial charge in [0.25, 0.3) is 0 Å². The Labute approximate surface area is 107 Å². The van der Waals surface area contributed by atoms with Crippen LogP contribution in [0.15, 0.2) is 11.1 Å². The Morgan fingerprint density at radius 2 is 2.18 bits per heavy atom. The molecule has 5 nitrogen and oxygen atoms in total. The molecule has 1 aromatic heterocycles. The predicted molar refractivity (Wildman–Crippen MR) is 67.6 cm³/mol. The minimum absolute atomic E-state index is 0.160. The number of alkyl halides is 1. The molecule has 0 radical (unpaired) electrons. The van der Waals surface area contributed by atoms with Gasteiger partial charge in [-0.3, -0.25) is 5.10 Å². The van der Waals surface area contributed by atoms with Crippen LogP contribution < -0.4 is 4.72 Å². The van der Waals surface area contributed by atoms with Gasteiger partial charge >= 0.3 is 0 Å². The van der Waals surface area contributed by atoms with Gasteiger partial charge in [-0.25, -0.2) is 13.1 Å². The maximum absolute atomic E-state index is 12.1. The molecule has 2 N–H and O–H groups in total. The number of H-pyrrole nitrogens is 1. The van der Waals surface area contributed by atoms with E-state index in [1.165, 1.54) is 6.20 Å². The van der Waals surface area contributed by atoms with Gasteiger partial charge < -0.3 is 0 Å². The van der Waals surface area contributed by atoms with Crippen molar-refractivity contribution in [2.24, 2.45) is 5.92 Å². The Morgan fingerprint density at radius 1 is 1.53 bits per heavy atom. The standard InChI is InChI=1S/C10H18ClN3O2S/c1-7(2)9(4-5-11)14-17(15,16)10-6-12-13-8(10)3/h6-7,9,14H,4-5H2,1-3H3,(H,12,13). The van der Waals surface area contributed by atoms with Crippen LogP contribution in [0.3, 0.4) is 0 Å². The van der Waals surface area contributed by atoms with E-state index in [1.807, 2.05) is 13.8 Å². The first-order valence-electron chi connectivity index (χ1n) is 5.46.